The standard InChI is InChI=1S/C13H19N3O2/c14-12-8-16(9-12)7-6-15-13(17)18-10-11-4-2-1-3-5-11/h1-5,12H,6-10,14H2,(H,15,17). The number of carbonyl (C=O) groups excluding carboxylic acids is 1. The lowest BCUT2D eigenvalue weighted by molar-refractivity contribution is 0.129. The summed E-state index contributed by atoms with van der Waals surface area (Å²) in [6, 6.07) is 9.92. The molecule has 1 aliphatic heterocycles. The summed E-state index contributed by atoms with van der Waals surface area (Å²) in [6.45, 7) is 3.57. The molecule has 3 N–H and O–H groups in total. The molecule has 0 aromatic heterocycles. The minimum absolute atomic E-state index is 0.301. The molecule has 0 saturated carbocycles. The van der Waals surface area contributed by atoms with Crippen molar-refractivity contribution in [1.29, 1.82) is 0 Å². The molecule has 1 aromatic carbocycles. The monoisotopic (exact) mass is 249 g/mol. The largest absolute Gasteiger partial charge is 0.445 e. The molecule has 1 aliphatic rings. The molecule has 1 heterocycles. The van der Waals surface area contributed by atoms with Crippen LogP contribution in [-0.2, 0) is 11.3 Å². The van der Waals surface area contributed by atoms with Gasteiger partial charge in [0.15, 0.2) is 0 Å². The highest BCUT2D eigenvalue weighted by Gasteiger charge is 2.21. The smallest absolute Gasteiger partial charge is 0.407 e. The van der Waals surface area contributed by atoms with E-state index in [0.717, 1.165) is 25.2 Å². The van der Waals surface area contributed by atoms with Crippen LogP contribution in [0, 0.1) is 0 Å². The van der Waals surface area contributed by atoms with Crippen molar-refractivity contribution >= 4 is 6.09 Å². The van der Waals surface area contributed by atoms with E-state index >= 15 is 0 Å². The molecule has 1 saturated heterocycles. The molecule has 0 unspecified atom stereocenters. The third kappa shape index (κ3) is 4.01. The van der Waals surface area contributed by atoms with Gasteiger partial charge in [0.25, 0.3) is 0 Å². The van der Waals surface area contributed by atoms with Crippen molar-refractivity contribution in [2.24, 2.45) is 5.73 Å². The Kier molecular flexibility index (Phi) is 4.55. The first-order chi connectivity index (χ1) is 8.74. The highest BCUT2D eigenvalue weighted by Crippen LogP contribution is 2.03. The summed E-state index contributed by atoms with van der Waals surface area (Å²) >= 11 is 0. The summed E-state index contributed by atoms with van der Waals surface area (Å²) in [7, 11) is 0. The van der Waals surface area contributed by atoms with Gasteiger partial charge in [-0.05, 0) is 5.56 Å². The third-order valence-corrected chi connectivity index (χ3v) is 2.90. The minimum atomic E-state index is -0.372. The van der Waals surface area contributed by atoms with Crippen LogP contribution in [0.25, 0.3) is 0 Å². The molecule has 5 nitrogen and oxygen atoms in total. The summed E-state index contributed by atoms with van der Waals surface area (Å²) in [5.41, 5.74) is 6.65. The Morgan fingerprint density at radius 2 is 2.11 bits per heavy atom. The maximum atomic E-state index is 11.4. The van der Waals surface area contributed by atoms with E-state index in [2.05, 4.69) is 10.2 Å². The molecule has 1 amide bonds. The number of nitrogens with one attached hydrogen (secondary N) is 1. The Bertz CT molecular complexity index is 377. The highest BCUT2D eigenvalue weighted by atomic mass is 16.5. The number of benzene rings is 1. The number of carbonyl (C=O) groups is 1. The molecule has 98 valence electrons. The molecule has 18 heavy (non-hydrogen) atoms. The number of hydrogen-bond donors (Lipinski definition) is 2. The van der Waals surface area contributed by atoms with Gasteiger partial charge in [0.05, 0.1) is 0 Å². The zero-order valence-corrected chi connectivity index (χ0v) is 10.3. The number of alkyl carbamates (subject to hydrolysis) is 1. The SMILES string of the molecule is NC1CN(CCNC(=O)OCc2ccccc2)C1. The number of nitrogens with zero attached hydrogens (tertiary/aromatic N) is 1. The van der Waals surface area contributed by atoms with Gasteiger partial charge < -0.3 is 15.8 Å². The first-order valence-electron chi connectivity index (χ1n) is 6.16. The number of ether oxygens (including phenoxy) is 1. The fourth-order valence-corrected chi connectivity index (χ4v) is 1.88. The summed E-state index contributed by atoms with van der Waals surface area (Å²) in [5, 5.41) is 2.72. The Labute approximate surface area is 107 Å². The second kappa shape index (κ2) is 6.37. The van der Waals surface area contributed by atoms with Crippen molar-refractivity contribution < 1.29 is 9.53 Å². The van der Waals surface area contributed by atoms with Gasteiger partial charge >= 0.3 is 6.09 Å². The zero-order chi connectivity index (χ0) is 12.8. The summed E-state index contributed by atoms with van der Waals surface area (Å²) < 4.78 is 5.09. The van der Waals surface area contributed by atoms with Crippen LogP contribution in [0.1, 0.15) is 5.56 Å². The van der Waals surface area contributed by atoms with E-state index in [4.69, 9.17) is 10.5 Å². The van der Waals surface area contributed by atoms with Gasteiger partial charge in [0, 0.05) is 32.2 Å². The maximum Gasteiger partial charge on any atom is 0.407 e. The highest BCUT2D eigenvalue weighted by molar-refractivity contribution is 5.67. The summed E-state index contributed by atoms with van der Waals surface area (Å²) in [4.78, 5) is 13.6. The maximum absolute atomic E-state index is 11.4. The van der Waals surface area contributed by atoms with E-state index in [-0.39, 0.29) is 6.09 Å². The number of hydrogen-bond acceptors (Lipinski definition) is 4. The zero-order valence-electron chi connectivity index (χ0n) is 10.3. The van der Waals surface area contributed by atoms with Crippen molar-refractivity contribution in [2.75, 3.05) is 26.2 Å². The van der Waals surface area contributed by atoms with Crippen LogP contribution in [0.5, 0.6) is 0 Å². The summed E-state index contributed by atoms with van der Waals surface area (Å²) in [5.74, 6) is 0. The van der Waals surface area contributed by atoms with Crippen LogP contribution >= 0.6 is 0 Å². The predicted molar refractivity (Wildman–Crippen MR) is 69.0 cm³/mol. The van der Waals surface area contributed by atoms with Crippen molar-refractivity contribution in [3.63, 3.8) is 0 Å². The normalized spacial score (nSPS) is 16.1. The van der Waals surface area contributed by atoms with Crippen LogP contribution in [0.2, 0.25) is 0 Å². The summed E-state index contributed by atoms with van der Waals surface area (Å²) in [6.07, 6.45) is -0.372. The molecule has 0 bridgehead atoms. The van der Waals surface area contributed by atoms with Crippen LogP contribution in [0.15, 0.2) is 30.3 Å². The molecular weight excluding hydrogens is 230 g/mol. The first kappa shape index (κ1) is 12.9. The Morgan fingerprint density at radius 3 is 2.78 bits per heavy atom. The molecule has 0 aliphatic carbocycles. The Balaban J connectivity index is 1.55. The molecule has 2 rings (SSSR count). The molecule has 5 heteroatoms. The first-order valence-corrected chi connectivity index (χ1v) is 6.16. The van der Waals surface area contributed by atoms with Gasteiger partial charge in [0.1, 0.15) is 6.61 Å². The van der Waals surface area contributed by atoms with Gasteiger partial charge in [-0.1, -0.05) is 30.3 Å². The molecule has 1 fully saturated rings. The Morgan fingerprint density at radius 1 is 1.39 bits per heavy atom. The number of likely N-dealkylation sites (tertiary alicyclic amines) is 1. The fraction of sp³-hybridized carbons (Fsp3) is 0.462. The minimum Gasteiger partial charge on any atom is -0.445 e. The number of nitrogens with two attached hydrogens (primary N) is 1. The predicted octanol–water partition coefficient (Wildman–Crippen LogP) is 0.556. The van der Waals surface area contributed by atoms with E-state index < -0.39 is 0 Å². The molecular formula is C13H19N3O2. The lowest BCUT2D eigenvalue weighted by Gasteiger charge is -2.36. The average Bonchev–Trinajstić information content (AvgIpc) is 2.35. The van der Waals surface area contributed by atoms with Crippen molar-refractivity contribution in [3.8, 4) is 0 Å². The molecule has 0 spiro atoms. The van der Waals surface area contributed by atoms with Gasteiger partial charge in [-0.2, -0.15) is 0 Å². The number of rotatable bonds is 5. The second-order valence-electron chi connectivity index (χ2n) is 4.51. The van der Waals surface area contributed by atoms with Crippen LogP contribution < -0.4 is 11.1 Å². The van der Waals surface area contributed by atoms with E-state index in [0.29, 0.717) is 19.2 Å². The van der Waals surface area contributed by atoms with E-state index in [1.54, 1.807) is 0 Å². The molecule has 1 aromatic rings. The second-order valence-corrected chi connectivity index (χ2v) is 4.51. The van der Waals surface area contributed by atoms with Gasteiger partial charge in [-0.15, -0.1) is 0 Å². The fourth-order valence-electron chi connectivity index (χ4n) is 1.88. The van der Waals surface area contributed by atoms with E-state index in [9.17, 15) is 4.79 Å². The van der Waals surface area contributed by atoms with Crippen LogP contribution in [0.4, 0.5) is 4.79 Å². The topological polar surface area (TPSA) is 67.6 Å². The quantitative estimate of drug-likeness (QED) is 0.800. The van der Waals surface area contributed by atoms with Crippen molar-refractivity contribution in [2.45, 2.75) is 12.6 Å². The Hall–Kier alpha value is -1.59. The van der Waals surface area contributed by atoms with Crippen molar-refractivity contribution in [3.05, 3.63) is 35.9 Å². The average molecular weight is 249 g/mol. The van der Waals surface area contributed by atoms with Crippen LogP contribution in [-0.4, -0.2) is 43.2 Å². The van der Waals surface area contributed by atoms with Gasteiger partial charge in [-0.3, -0.25) is 4.90 Å². The van der Waals surface area contributed by atoms with Gasteiger partial charge in [-0.25, -0.2) is 4.79 Å². The molecule has 0 radical (unpaired) electrons. The van der Waals surface area contributed by atoms with E-state index in [1.165, 1.54) is 0 Å². The van der Waals surface area contributed by atoms with E-state index in [1.807, 2.05) is 30.3 Å². The van der Waals surface area contributed by atoms with Crippen molar-refractivity contribution in [1.82, 2.24) is 10.2 Å². The third-order valence-electron chi connectivity index (χ3n) is 2.90. The van der Waals surface area contributed by atoms with Crippen LogP contribution in [0.3, 0.4) is 0 Å². The van der Waals surface area contributed by atoms with Gasteiger partial charge in [0.2, 0.25) is 0 Å². The number of amides is 1. The lowest BCUT2D eigenvalue weighted by Crippen LogP contribution is -2.57. The lowest BCUT2D eigenvalue weighted by atomic mass is 10.1. The molecule has 0 atom stereocenters.